The van der Waals surface area contributed by atoms with E-state index in [0.717, 1.165) is 17.5 Å². The third-order valence-corrected chi connectivity index (χ3v) is 4.66. The minimum Gasteiger partial charge on any atom is -0.491 e. The quantitative estimate of drug-likeness (QED) is 0.671. The highest BCUT2D eigenvalue weighted by molar-refractivity contribution is 5.76. The molecule has 0 unspecified atom stereocenters. The van der Waals surface area contributed by atoms with Crippen molar-refractivity contribution in [3.63, 3.8) is 0 Å². The van der Waals surface area contributed by atoms with Gasteiger partial charge in [-0.15, -0.1) is 0 Å². The third kappa shape index (κ3) is 3.53. The number of hydrogen-bond acceptors (Lipinski definition) is 5. The second kappa shape index (κ2) is 7.18. The lowest BCUT2D eigenvalue weighted by molar-refractivity contribution is -0.133. The third-order valence-electron chi connectivity index (χ3n) is 4.66. The smallest absolute Gasteiger partial charge is 0.293 e. The molecule has 0 bridgehead atoms. The zero-order valence-corrected chi connectivity index (χ0v) is 14.5. The first-order valence-corrected chi connectivity index (χ1v) is 8.69. The zero-order valence-electron chi connectivity index (χ0n) is 14.5. The summed E-state index contributed by atoms with van der Waals surface area (Å²) in [5.74, 6) is 0.0477. The second-order valence-corrected chi connectivity index (χ2v) is 6.40. The monoisotopic (exact) mass is 371 g/mol. The van der Waals surface area contributed by atoms with Gasteiger partial charge < -0.3 is 9.64 Å². The number of ether oxygens (including phenoxy) is 1. The van der Waals surface area contributed by atoms with Gasteiger partial charge in [-0.2, -0.15) is 10.2 Å². The lowest BCUT2D eigenvalue weighted by atomic mass is 10.2. The van der Waals surface area contributed by atoms with Crippen LogP contribution in [-0.4, -0.2) is 49.4 Å². The fourth-order valence-electron chi connectivity index (χ4n) is 3.26. The molecule has 3 heterocycles. The summed E-state index contributed by atoms with van der Waals surface area (Å²) >= 11 is 0. The van der Waals surface area contributed by atoms with Crippen molar-refractivity contribution in [3.05, 3.63) is 59.0 Å². The van der Waals surface area contributed by atoms with Crippen LogP contribution >= 0.6 is 0 Å². The van der Waals surface area contributed by atoms with Crippen LogP contribution in [0.15, 0.2) is 47.7 Å². The number of amides is 1. The predicted molar refractivity (Wildman–Crippen MR) is 93.9 cm³/mol. The van der Waals surface area contributed by atoms with Crippen LogP contribution in [0, 0.1) is 5.82 Å². The molecule has 2 aromatic heterocycles. The molecule has 1 fully saturated rings. The molecule has 3 aromatic rings. The molecule has 1 aromatic carbocycles. The first-order valence-electron chi connectivity index (χ1n) is 8.69. The first-order chi connectivity index (χ1) is 13.1. The van der Waals surface area contributed by atoms with Crippen LogP contribution < -0.4 is 10.3 Å². The Morgan fingerprint density at radius 2 is 2.04 bits per heavy atom. The van der Waals surface area contributed by atoms with Gasteiger partial charge in [0.2, 0.25) is 5.91 Å². The van der Waals surface area contributed by atoms with E-state index in [1.165, 1.54) is 29.2 Å². The molecule has 1 atom stereocenters. The molecule has 0 N–H and O–H groups in total. The Hall–Kier alpha value is -3.23. The fraction of sp³-hybridized carbons (Fsp3) is 0.333. The Labute approximate surface area is 153 Å². The van der Waals surface area contributed by atoms with Gasteiger partial charge >= 0.3 is 0 Å². The molecule has 8 nitrogen and oxygen atoms in total. The van der Waals surface area contributed by atoms with E-state index >= 15 is 0 Å². The Morgan fingerprint density at radius 1 is 1.22 bits per heavy atom. The summed E-state index contributed by atoms with van der Waals surface area (Å²) in [7, 11) is 0. The summed E-state index contributed by atoms with van der Waals surface area (Å²) < 4.78 is 21.2. The van der Waals surface area contributed by atoms with Crippen molar-refractivity contribution < 1.29 is 13.9 Å². The highest BCUT2D eigenvalue weighted by Crippen LogP contribution is 2.20. The van der Waals surface area contributed by atoms with E-state index in [2.05, 4.69) is 10.2 Å². The van der Waals surface area contributed by atoms with E-state index in [9.17, 15) is 14.0 Å². The van der Waals surface area contributed by atoms with Crippen molar-refractivity contribution in [3.8, 4) is 5.75 Å². The summed E-state index contributed by atoms with van der Waals surface area (Å²) in [5, 5.41) is 7.96. The van der Waals surface area contributed by atoms with Gasteiger partial charge in [-0.25, -0.2) is 13.6 Å². The van der Waals surface area contributed by atoms with Gasteiger partial charge in [0.05, 0.1) is 12.2 Å². The molecule has 0 saturated carbocycles. The van der Waals surface area contributed by atoms with Crippen molar-refractivity contribution in [2.75, 3.05) is 13.2 Å². The average Bonchev–Trinajstić information content (AvgIpc) is 3.33. The average molecular weight is 371 g/mol. The van der Waals surface area contributed by atoms with Crippen molar-refractivity contribution >= 4 is 11.4 Å². The van der Waals surface area contributed by atoms with Gasteiger partial charge in [0.1, 0.15) is 36.6 Å². The van der Waals surface area contributed by atoms with E-state index in [1.54, 1.807) is 23.1 Å². The largest absolute Gasteiger partial charge is 0.491 e. The fourth-order valence-corrected chi connectivity index (χ4v) is 3.26. The van der Waals surface area contributed by atoms with E-state index in [4.69, 9.17) is 4.74 Å². The maximum Gasteiger partial charge on any atom is 0.293 e. The van der Waals surface area contributed by atoms with E-state index < -0.39 is 0 Å². The molecule has 9 heteroatoms. The number of hydrogen-bond donors (Lipinski definition) is 0. The van der Waals surface area contributed by atoms with E-state index in [0.29, 0.717) is 24.4 Å². The maximum absolute atomic E-state index is 13.0. The first kappa shape index (κ1) is 17.2. The van der Waals surface area contributed by atoms with Crippen LogP contribution in [0.5, 0.6) is 5.75 Å². The number of likely N-dealkylation sites (tertiary alicyclic amines) is 1. The van der Waals surface area contributed by atoms with Crippen molar-refractivity contribution in [1.29, 1.82) is 0 Å². The van der Waals surface area contributed by atoms with Crippen molar-refractivity contribution in [2.45, 2.75) is 25.4 Å². The molecule has 27 heavy (non-hydrogen) atoms. The van der Waals surface area contributed by atoms with E-state index in [-0.39, 0.29) is 29.9 Å². The minimum absolute atomic E-state index is 0.0862. The lowest BCUT2D eigenvalue weighted by Gasteiger charge is -2.25. The zero-order chi connectivity index (χ0) is 18.8. The predicted octanol–water partition coefficient (Wildman–Crippen LogP) is 1.10. The number of nitrogens with zero attached hydrogens (tertiary/aromatic N) is 5. The molecule has 1 saturated heterocycles. The summed E-state index contributed by atoms with van der Waals surface area (Å²) in [6.07, 6.45) is 4.60. The van der Waals surface area contributed by atoms with Crippen LogP contribution in [0.3, 0.4) is 0 Å². The van der Waals surface area contributed by atoms with Crippen LogP contribution in [-0.2, 0) is 11.3 Å². The molecule has 1 aliphatic heterocycles. The van der Waals surface area contributed by atoms with Crippen molar-refractivity contribution in [1.82, 2.24) is 24.3 Å². The van der Waals surface area contributed by atoms with Crippen molar-refractivity contribution in [2.24, 2.45) is 0 Å². The number of halogens is 1. The minimum atomic E-state index is -0.360. The lowest BCUT2D eigenvalue weighted by Crippen LogP contribution is -2.42. The van der Waals surface area contributed by atoms with Gasteiger partial charge in [-0.1, -0.05) is 0 Å². The molecular weight excluding hydrogens is 353 g/mol. The Morgan fingerprint density at radius 3 is 2.85 bits per heavy atom. The SMILES string of the molecule is O=C(Cn1ncn2nccc2c1=O)N1CCC[C@@H]1COc1ccc(F)cc1. The maximum atomic E-state index is 13.0. The molecule has 4 rings (SSSR count). The molecular formula is C18H18FN5O3. The van der Waals surface area contributed by atoms with E-state index in [1.807, 2.05) is 0 Å². The van der Waals surface area contributed by atoms with Crippen LogP contribution in [0.4, 0.5) is 4.39 Å². The van der Waals surface area contributed by atoms with Gasteiger partial charge in [0.15, 0.2) is 0 Å². The van der Waals surface area contributed by atoms with Crippen LogP contribution in [0.25, 0.3) is 5.52 Å². The summed E-state index contributed by atoms with van der Waals surface area (Å²) in [6, 6.07) is 7.27. The molecule has 140 valence electrons. The molecule has 0 radical (unpaired) electrons. The highest BCUT2D eigenvalue weighted by Gasteiger charge is 2.29. The van der Waals surface area contributed by atoms with Crippen LogP contribution in [0.2, 0.25) is 0 Å². The number of carbonyl (C=O) groups excluding carboxylic acids is 1. The van der Waals surface area contributed by atoms with Crippen LogP contribution in [0.1, 0.15) is 12.8 Å². The van der Waals surface area contributed by atoms with Gasteiger partial charge in [0.25, 0.3) is 5.56 Å². The summed E-state index contributed by atoms with van der Waals surface area (Å²) in [4.78, 5) is 26.8. The highest BCUT2D eigenvalue weighted by atomic mass is 19.1. The molecule has 1 aliphatic rings. The standard InChI is InChI=1S/C18H18FN5O3/c19-13-3-5-15(6-4-13)27-11-14-2-1-9-22(14)17(25)10-23-18(26)16-7-8-20-24(16)12-21-23/h3-8,12,14H,1-2,9-11H2/t14-/m1/s1. The van der Waals surface area contributed by atoms with Gasteiger partial charge in [-0.05, 0) is 43.2 Å². The number of benzene rings is 1. The normalized spacial score (nSPS) is 16.8. The summed E-state index contributed by atoms with van der Waals surface area (Å²) in [5.41, 5.74) is 0.0112. The number of aromatic nitrogens is 4. The molecule has 0 aliphatic carbocycles. The Balaban J connectivity index is 1.43. The van der Waals surface area contributed by atoms with Gasteiger partial charge in [-0.3, -0.25) is 9.59 Å². The summed E-state index contributed by atoms with van der Waals surface area (Å²) in [6.45, 7) is 0.800. The number of carbonyl (C=O) groups is 1. The number of rotatable bonds is 5. The Bertz CT molecular complexity index is 1010. The molecule has 0 spiro atoms. The molecule has 1 amide bonds. The topological polar surface area (TPSA) is 81.7 Å². The number of fused-ring (bicyclic) bond motifs is 1. The van der Waals surface area contributed by atoms with Gasteiger partial charge in [0, 0.05) is 6.54 Å². The Kier molecular flexibility index (Phi) is 4.57. The second-order valence-electron chi connectivity index (χ2n) is 6.40.